The number of aryl methyl sites for hydroxylation is 1. The van der Waals surface area contributed by atoms with E-state index in [0.717, 1.165) is 24.5 Å². The number of nitrogen functional groups attached to an aromatic ring is 1. The summed E-state index contributed by atoms with van der Waals surface area (Å²) in [5.41, 5.74) is 7.23. The molecule has 0 bridgehead atoms. The summed E-state index contributed by atoms with van der Waals surface area (Å²) < 4.78 is 10.4. The molecule has 0 amide bonds. The minimum atomic E-state index is 0.311. The molecule has 2 N–H and O–H groups in total. The van der Waals surface area contributed by atoms with E-state index in [0.29, 0.717) is 18.2 Å². The van der Waals surface area contributed by atoms with E-state index in [1.807, 2.05) is 6.92 Å². The molecule has 0 spiro atoms. The fraction of sp³-hybridized carbons (Fsp3) is 0.625. The minimum Gasteiger partial charge on any atom is -0.394 e. The highest BCUT2D eigenvalue weighted by Gasteiger charge is 2.24. The standard InChI is InChI=1S/C8H12N2O2/c1-5-7(9)8(12-10-5)6-2-3-11-4-6/h6H,2-4,9H2,1H3. The number of nitrogens with zero attached hydrogens (tertiary/aromatic N) is 1. The van der Waals surface area contributed by atoms with Gasteiger partial charge in [-0.25, -0.2) is 0 Å². The summed E-state index contributed by atoms with van der Waals surface area (Å²) in [6, 6.07) is 0. The summed E-state index contributed by atoms with van der Waals surface area (Å²) in [5, 5.41) is 3.81. The average Bonchev–Trinajstić information content (AvgIpc) is 2.64. The van der Waals surface area contributed by atoms with E-state index in [4.69, 9.17) is 15.0 Å². The molecule has 2 rings (SSSR count). The lowest BCUT2D eigenvalue weighted by Crippen LogP contribution is -1.99. The summed E-state index contributed by atoms with van der Waals surface area (Å²) in [6.07, 6.45) is 0.985. The highest BCUT2D eigenvalue weighted by molar-refractivity contribution is 5.47. The van der Waals surface area contributed by atoms with Crippen LogP contribution in [0.1, 0.15) is 23.8 Å². The third kappa shape index (κ3) is 1.08. The van der Waals surface area contributed by atoms with Crippen LogP contribution in [0.3, 0.4) is 0 Å². The van der Waals surface area contributed by atoms with Crippen LogP contribution >= 0.6 is 0 Å². The highest BCUT2D eigenvalue weighted by Crippen LogP contribution is 2.30. The normalized spacial score (nSPS) is 23.2. The Morgan fingerprint density at radius 3 is 2.92 bits per heavy atom. The number of nitrogens with two attached hydrogens (primary N) is 1. The van der Waals surface area contributed by atoms with Crippen LogP contribution in [0, 0.1) is 6.92 Å². The van der Waals surface area contributed by atoms with E-state index in [-0.39, 0.29) is 0 Å². The Labute approximate surface area is 70.7 Å². The van der Waals surface area contributed by atoms with Crippen molar-refractivity contribution < 1.29 is 9.26 Å². The molecule has 0 aliphatic carbocycles. The third-order valence-corrected chi connectivity index (χ3v) is 2.24. The Hall–Kier alpha value is -1.03. The average molecular weight is 168 g/mol. The molecule has 1 aliphatic heterocycles. The smallest absolute Gasteiger partial charge is 0.165 e. The van der Waals surface area contributed by atoms with Crippen LogP contribution in [0.25, 0.3) is 0 Å². The van der Waals surface area contributed by atoms with Crippen LogP contribution in [0.15, 0.2) is 4.52 Å². The van der Waals surface area contributed by atoms with Crippen LogP contribution in [-0.4, -0.2) is 18.4 Å². The van der Waals surface area contributed by atoms with Crippen molar-refractivity contribution in [3.05, 3.63) is 11.5 Å². The maximum atomic E-state index is 5.77. The highest BCUT2D eigenvalue weighted by atomic mass is 16.5. The van der Waals surface area contributed by atoms with Crippen molar-refractivity contribution in [2.45, 2.75) is 19.3 Å². The molecule has 1 aromatic heterocycles. The molecule has 0 radical (unpaired) electrons. The molecule has 4 nitrogen and oxygen atoms in total. The van der Waals surface area contributed by atoms with E-state index >= 15 is 0 Å². The molecule has 4 heteroatoms. The second kappa shape index (κ2) is 2.79. The predicted molar refractivity (Wildman–Crippen MR) is 43.8 cm³/mol. The molecular formula is C8H12N2O2. The van der Waals surface area contributed by atoms with Crippen LogP contribution in [0.5, 0.6) is 0 Å². The van der Waals surface area contributed by atoms with Crippen LogP contribution < -0.4 is 5.73 Å². The van der Waals surface area contributed by atoms with E-state index in [2.05, 4.69) is 5.16 Å². The lowest BCUT2D eigenvalue weighted by Gasteiger charge is -2.01. The zero-order chi connectivity index (χ0) is 8.55. The van der Waals surface area contributed by atoms with Gasteiger partial charge < -0.3 is 15.0 Å². The van der Waals surface area contributed by atoms with Crippen molar-refractivity contribution >= 4 is 5.69 Å². The van der Waals surface area contributed by atoms with Crippen molar-refractivity contribution in [1.82, 2.24) is 5.16 Å². The van der Waals surface area contributed by atoms with E-state index in [9.17, 15) is 0 Å². The molecule has 12 heavy (non-hydrogen) atoms. The molecule has 1 aromatic rings. The Morgan fingerprint density at radius 1 is 1.58 bits per heavy atom. The molecule has 0 saturated carbocycles. The van der Waals surface area contributed by atoms with Gasteiger partial charge in [-0.1, -0.05) is 5.16 Å². The second-order valence-electron chi connectivity index (χ2n) is 3.11. The first-order valence-corrected chi connectivity index (χ1v) is 4.08. The lowest BCUT2D eigenvalue weighted by molar-refractivity contribution is 0.190. The first kappa shape index (κ1) is 7.61. The summed E-state index contributed by atoms with van der Waals surface area (Å²) in [7, 11) is 0. The Balaban J connectivity index is 2.26. The molecule has 1 unspecified atom stereocenters. The molecule has 1 saturated heterocycles. The van der Waals surface area contributed by atoms with Crippen LogP contribution in [0.2, 0.25) is 0 Å². The molecule has 66 valence electrons. The fourth-order valence-corrected chi connectivity index (χ4v) is 1.43. The molecule has 1 aliphatic rings. The van der Waals surface area contributed by atoms with Gasteiger partial charge in [-0.3, -0.25) is 0 Å². The molecule has 1 fully saturated rings. The summed E-state index contributed by atoms with van der Waals surface area (Å²) in [6.45, 7) is 3.35. The maximum Gasteiger partial charge on any atom is 0.165 e. The predicted octanol–water partition coefficient (Wildman–Crippen LogP) is 1.07. The quantitative estimate of drug-likeness (QED) is 0.681. The van der Waals surface area contributed by atoms with Gasteiger partial charge in [-0.05, 0) is 13.3 Å². The molecule has 0 aromatic carbocycles. The molecular weight excluding hydrogens is 156 g/mol. The summed E-state index contributed by atoms with van der Waals surface area (Å²) in [5.74, 6) is 1.11. The van der Waals surface area contributed by atoms with Crippen LogP contribution in [-0.2, 0) is 4.74 Å². The molecule has 2 heterocycles. The van der Waals surface area contributed by atoms with Gasteiger partial charge in [-0.15, -0.1) is 0 Å². The zero-order valence-corrected chi connectivity index (χ0v) is 7.04. The first-order valence-electron chi connectivity index (χ1n) is 4.08. The second-order valence-corrected chi connectivity index (χ2v) is 3.11. The van der Waals surface area contributed by atoms with Crippen molar-refractivity contribution in [3.8, 4) is 0 Å². The van der Waals surface area contributed by atoms with Gasteiger partial charge in [0.2, 0.25) is 0 Å². The van der Waals surface area contributed by atoms with Crippen molar-refractivity contribution in [1.29, 1.82) is 0 Å². The Bertz CT molecular complexity index is 277. The minimum absolute atomic E-state index is 0.311. The van der Waals surface area contributed by atoms with Crippen molar-refractivity contribution in [2.24, 2.45) is 0 Å². The van der Waals surface area contributed by atoms with Gasteiger partial charge in [0.1, 0.15) is 5.69 Å². The van der Waals surface area contributed by atoms with Crippen molar-refractivity contribution in [3.63, 3.8) is 0 Å². The number of hydrogen-bond donors (Lipinski definition) is 1. The SMILES string of the molecule is Cc1noc(C2CCOC2)c1N. The summed E-state index contributed by atoms with van der Waals surface area (Å²) >= 11 is 0. The van der Waals surface area contributed by atoms with Gasteiger partial charge in [0.15, 0.2) is 5.76 Å². The maximum absolute atomic E-state index is 5.77. The Morgan fingerprint density at radius 2 is 2.42 bits per heavy atom. The topological polar surface area (TPSA) is 61.3 Å². The zero-order valence-electron chi connectivity index (χ0n) is 7.04. The van der Waals surface area contributed by atoms with Gasteiger partial charge >= 0.3 is 0 Å². The van der Waals surface area contributed by atoms with Gasteiger partial charge in [0, 0.05) is 12.5 Å². The van der Waals surface area contributed by atoms with Crippen molar-refractivity contribution in [2.75, 3.05) is 18.9 Å². The van der Waals surface area contributed by atoms with E-state index < -0.39 is 0 Å². The largest absolute Gasteiger partial charge is 0.394 e. The van der Waals surface area contributed by atoms with E-state index in [1.54, 1.807) is 0 Å². The molecule has 1 atom stereocenters. The Kier molecular flexibility index (Phi) is 1.77. The number of rotatable bonds is 1. The van der Waals surface area contributed by atoms with Crippen LogP contribution in [0.4, 0.5) is 5.69 Å². The number of ether oxygens (including phenoxy) is 1. The van der Waals surface area contributed by atoms with Gasteiger partial charge in [0.25, 0.3) is 0 Å². The number of hydrogen-bond acceptors (Lipinski definition) is 4. The lowest BCUT2D eigenvalue weighted by atomic mass is 10.0. The number of anilines is 1. The monoisotopic (exact) mass is 168 g/mol. The first-order chi connectivity index (χ1) is 5.79. The number of aromatic nitrogens is 1. The van der Waals surface area contributed by atoms with E-state index in [1.165, 1.54) is 0 Å². The van der Waals surface area contributed by atoms with Gasteiger partial charge in [0.05, 0.1) is 12.3 Å². The fourth-order valence-electron chi connectivity index (χ4n) is 1.43. The van der Waals surface area contributed by atoms with Gasteiger partial charge in [-0.2, -0.15) is 0 Å². The summed E-state index contributed by atoms with van der Waals surface area (Å²) in [4.78, 5) is 0. The third-order valence-electron chi connectivity index (χ3n) is 2.24.